The summed E-state index contributed by atoms with van der Waals surface area (Å²) in [5, 5.41) is 11.8. The van der Waals surface area contributed by atoms with Crippen LogP contribution in [0.5, 0.6) is 5.75 Å². The van der Waals surface area contributed by atoms with Crippen molar-refractivity contribution in [3.63, 3.8) is 0 Å². The number of carbonyl (C=O) groups excluding carboxylic acids is 1. The fourth-order valence-corrected chi connectivity index (χ4v) is 1.57. The third kappa shape index (κ3) is 4.13. The highest BCUT2D eigenvalue weighted by molar-refractivity contribution is 6.32. The molecule has 1 rings (SSSR count). The number of carbonyl (C=O) groups is 2. The van der Waals surface area contributed by atoms with E-state index in [2.05, 4.69) is 5.32 Å². The molecule has 0 aliphatic rings. The first-order valence-electron chi connectivity index (χ1n) is 6.11. The van der Waals surface area contributed by atoms with Crippen LogP contribution < -0.4 is 10.1 Å². The highest BCUT2D eigenvalue weighted by Crippen LogP contribution is 2.26. The molecular weight excluding hydrogens is 282 g/mol. The predicted molar refractivity (Wildman–Crippen MR) is 76.1 cm³/mol. The summed E-state index contributed by atoms with van der Waals surface area (Å²) in [6.45, 7) is 6.21. The summed E-state index contributed by atoms with van der Waals surface area (Å²) in [5.74, 6) is -1.25. The quantitative estimate of drug-likeness (QED) is 0.875. The Labute approximate surface area is 122 Å². The topological polar surface area (TPSA) is 75.6 Å². The van der Waals surface area contributed by atoms with E-state index < -0.39 is 23.5 Å². The van der Waals surface area contributed by atoms with Crippen LogP contribution in [-0.2, 0) is 9.59 Å². The van der Waals surface area contributed by atoms with Gasteiger partial charge in [0.2, 0.25) is 0 Å². The molecule has 0 bridgehead atoms. The van der Waals surface area contributed by atoms with Gasteiger partial charge in [-0.3, -0.25) is 4.79 Å². The van der Waals surface area contributed by atoms with Crippen molar-refractivity contribution in [2.45, 2.75) is 39.3 Å². The lowest BCUT2D eigenvalue weighted by atomic mass is 10.1. The smallest absolute Gasteiger partial charge is 0.328 e. The van der Waals surface area contributed by atoms with Gasteiger partial charge in [0.1, 0.15) is 11.3 Å². The third-order valence-electron chi connectivity index (χ3n) is 2.73. The Hall–Kier alpha value is -1.75. The van der Waals surface area contributed by atoms with E-state index in [1.54, 1.807) is 12.1 Å². The average Bonchev–Trinajstić information content (AvgIpc) is 2.33. The summed E-state index contributed by atoms with van der Waals surface area (Å²) in [6.07, 6.45) is -0.854. The molecule has 1 aromatic rings. The number of hydrogen-bond acceptors (Lipinski definition) is 3. The molecule has 1 aromatic carbocycles. The summed E-state index contributed by atoms with van der Waals surface area (Å²) < 4.78 is 5.48. The van der Waals surface area contributed by atoms with Crippen molar-refractivity contribution >= 4 is 23.5 Å². The van der Waals surface area contributed by atoms with Crippen LogP contribution in [0.3, 0.4) is 0 Å². The SMILES string of the molecule is Cc1ccc(Cl)c(OC(C)C(=O)NC(C)(C)C(=O)O)c1. The Morgan fingerprint density at radius 2 is 2.00 bits per heavy atom. The minimum absolute atomic E-state index is 0.391. The number of halogens is 1. The lowest BCUT2D eigenvalue weighted by Crippen LogP contribution is -2.53. The number of nitrogens with one attached hydrogen (secondary N) is 1. The lowest BCUT2D eigenvalue weighted by molar-refractivity contribution is -0.147. The Morgan fingerprint density at radius 1 is 1.40 bits per heavy atom. The molecular formula is C14H18ClNO4. The van der Waals surface area contributed by atoms with Gasteiger partial charge in [-0.1, -0.05) is 17.7 Å². The van der Waals surface area contributed by atoms with Crippen LogP contribution in [0.25, 0.3) is 0 Å². The van der Waals surface area contributed by atoms with Gasteiger partial charge in [-0.05, 0) is 45.4 Å². The van der Waals surface area contributed by atoms with Crippen molar-refractivity contribution in [1.82, 2.24) is 5.32 Å². The molecule has 5 nitrogen and oxygen atoms in total. The van der Waals surface area contributed by atoms with Crippen molar-refractivity contribution in [1.29, 1.82) is 0 Å². The number of aryl methyl sites for hydroxylation is 1. The summed E-state index contributed by atoms with van der Waals surface area (Å²) in [4.78, 5) is 22.9. The van der Waals surface area contributed by atoms with Crippen molar-refractivity contribution in [3.05, 3.63) is 28.8 Å². The molecule has 1 unspecified atom stereocenters. The molecule has 0 aliphatic carbocycles. The van der Waals surface area contributed by atoms with Crippen molar-refractivity contribution < 1.29 is 19.4 Å². The first-order chi connectivity index (χ1) is 9.13. The van der Waals surface area contributed by atoms with Gasteiger partial charge >= 0.3 is 5.97 Å². The molecule has 20 heavy (non-hydrogen) atoms. The number of carboxylic acids is 1. The molecule has 0 aliphatic heterocycles. The number of hydrogen-bond donors (Lipinski definition) is 2. The molecule has 0 fully saturated rings. The summed E-state index contributed by atoms with van der Waals surface area (Å²) in [5.41, 5.74) is -0.409. The van der Waals surface area contributed by atoms with E-state index in [0.29, 0.717) is 10.8 Å². The number of amides is 1. The van der Waals surface area contributed by atoms with Crippen LogP contribution in [0.15, 0.2) is 18.2 Å². The summed E-state index contributed by atoms with van der Waals surface area (Å²) in [6, 6.07) is 5.22. The van der Waals surface area contributed by atoms with Gasteiger partial charge in [-0.15, -0.1) is 0 Å². The zero-order valence-electron chi connectivity index (χ0n) is 11.9. The van der Waals surface area contributed by atoms with Crippen LogP contribution in [0.2, 0.25) is 5.02 Å². The maximum atomic E-state index is 11.9. The number of ether oxygens (including phenoxy) is 1. The van der Waals surface area contributed by atoms with Gasteiger partial charge in [-0.2, -0.15) is 0 Å². The average molecular weight is 300 g/mol. The first-order valence-corrected chi connectivity index (χ1v) is 6.49. The van der Waals surface area contributed by atoms with Gasteiger partial charge in [0.05, 0.1) is 5.02 Å². The van der Waals surface area contributed by atoms with Crippen LogP contribution in [-0.4, -0.2) is 28.6 Å². The Kier molecular flexibility index (Phi) is 5.00. The van der Waals surface area contributed by atoms with Crippen LogP contribution in [0.4, 0.5) is 0 Å². The van der Waals surface area contributed by atoms with E-state index in [0.717, 1.165) is 5.56 Å². The molecule has 0 spiro atoms. The number of aliphatic carboxylic acids is 1. The first kappa shape index (κ1) is 16.3. The number of rotatable bonds is 5. The van der Waals surface area contributed by atoms with Gasteiger partial charge in [0, 0.05) is 0 Å². The van der Waals surface area contributed by atoms with Gasteiger partial charge in [0.15, 0.2) is 6.10 Å². The zero-order chi connectivity index (χ0) is 15.5. The number of carboxylic acid groups (broad SMARTS) is 1. The molecule has 0 radical (unpaired) electrons. The maximum Gasteiger partial charge on any atom is 0.328 e. The van der Waals surface area contributed by atoms with Crippen molar-refractivity contribution in [3.8, 4) is 5.75 Å². The summed E-state index contributed by atoms with van der Waals surface area (Å²) >= 11 is 5.98. The molecule has 0 heterocycles. The molecule has 1 amide bonds. The standard InChI is InChI=1S/C14H18ClNO4/c1-8-5-6-10(15)11(7-8)20-9(2)12(17)16-14(3,4)13(18)19/h5-7,9H,1-4H3,(H,16,17)(H,18,19). The highest BCUT2D eigenvalue weighted by Gasteiger charge is 2.31. The fraction of sp³-hybridized carbons (Fsp3) is 0.429. The molecule has 0 saturated heterocycles. The molecule has 1 atom stereocenters. The minimum atomic E-state index is -1.36. The Bertz CT molecular complexity index is 528. The van der Waals surface area contributed by atoms with Crippen molar-refractivity contribution in [2.24, 2.45) is 0 Å². The second kappa shape index (κ2) is 6.13. The molecule has 6 heteroatoms. The van der Waals surface area contributed by atoms with E-state index in [4.69, 9.17) is 21.4 Å². The normalized spacial score (nSPS) is 12.7. The van der Waals surface area contributed by atoms with E-state index in [-0.39, 0.29) is 0 Å². The summed E-state index contributed by atoms with van der Waals surface area (Å²) in [7, 11) is 0. The third-order valence-corrected chi connectivity index (χ3v) is 3.04. The largest absolute Gasteiger partial charge is 0.480 e. The van der Waals surface area contributed by atoms with E-state index >= 15 is 0 Å². The molecule has 2 N–H and O–H groups in total. The predicted octanol–water partition coefficient (Wildman–Crippen LogP) is 2.40. The van der Waals surface area contributed by atoms with Crippen LogP contribution >= 0.6 is 11.6 Å². The fourth-order valence-electron chi connectivity index (χ4n) is 1.41. The van der Waals surface area contributed by atoms with Gasteiger partial charge in [-0.25, -0.2) is 4.79 Å². The minimum Gasteiger partial charge on any atom is -0.480 e. The van der Waals surface area contributed by atoms with E-state index in [1.807, 2.05) is 13.0 Å². The second-order valence-electron chi connectivity index (χ2n) is 5.11. The monoisotopic (exact) mass is 299 g/mol. The van der Waals surface area contributed by atoms with Crippen molar-refractivity contribution in [2.75, 3.05) is 0 Å². The molecule has 0 saturated carbocycles. The Morgan fingerprint density at radius 3 is 2.55 bits per heavy atom. The van der Waals surface area contributed by atoms with E-state index in [1.165, 1.54) is 20.8 Å². The van der Waals surface area contributed by atoms with Gasteiger partial charge in [0.25, 0.3) is 5.91 Å². The van der Waals surface area contributed by atoms with E-state index in [9.17, 15) is 9.59 Å². The lowest BCUT2D eigenvalue weighted by Gasteiger charge is -2.24. The van der Waals surface area contributed by atoms with Gasteiger partial charge < -0.3 is 15.2 Å². The van der Waals surface area contributed by atoms with Crippen LogP contribution in [0, 0.1) is 6.92 Å². The zero-order valence-corrected chi connectivity index (χ0v) is 12.6. The molecule has 110 valence electrons. The Balaban J connectivity index is 2.76. The second-order valence-corrected chi connectivity index (χ2v) is 5.52. The highest BCUT2D eigenvalue weighted by atomic mass is 35.5. The molecule has 0 aromatic heterocycles. The van der Waals surface area contributed by atoms with Crippen LogP contribution in [0.1, 0.15) is 26.3 Å². The number of benzene rings is 1. The maximum absolute atomic E-state index is 11.9.